The van der Waals surface area contributed by atoms with Gasteiger partial charge in [-0.1, -0.05) is 152 Å². The number of aliphatic hydroxyl groups is 1. The summed E-state index contributed by atoms with van der Waals surface area (Å²) in [5.74, 6) is 2.59. The molecule has 5 heteroatoms. The van der Waals surface area contributed by atoms with Gasteiger partial charge in [-0.05, 0) is 57.9 Å². The average Bonchev–Trinajstić information content (AvgIpc) is 3.59. The molecule has 1 N–H and O–H groups in total. The van der Waals surface area contributed by atoms with E-state index in [1.165, 1.54) is 33.7 Å². The maximum absolute atomic E-state index is 12.8. The van der Waals surface area contributed by atoms with Gasteiger partial charge < -0.3 is 9.84 Å². The van der Waals surface area contributed by atoms with E-state index in [1.54, 1.807) is 0 Å². The summed E-state index contributed by atoms with van der Waals surface area (Å²) in [7, 11) is 0. The Morgan fingerprint density at radius 3 is 1.94 bits per heavy atom. The molecule has 4 aromatic rings. The number of fused-ring (bicyclic) bond motifs is 6. The number of rotatable bonds is 8. The van der Waals surface area contributed by atoms with Crippen LogP contribution >= 0.6 is 0 Å². The van der Waals surface area contributed by atoms with Crippen molar-refractivity contribution >= 4 is 16.7 Å². The van der Waals surface area contributed by atoms with Crippen LogP contribution in [0.3, 0.4) is 0 Å². The van der Waals surface area contributed by atoms with Gasteiger partial charge in [0.15, 0.2) is 5.78 Å². The van der Waals surface area contributed by atoms with Gasteiger partial charge in [0.05, 0.1) is 5.52 Å². The molecule has 0 amide bonds. The maximum Gasteiger partial charge on any atom is 0.165 e. The molecule has 1 aliphatic carbocycles. The smallest absolute Gasteiger partial charge is 0.165 e. The fourth-order valence-corrected chi connectivity index (χ4v) is 8.88. The third-order valence-electron chi connectivity index (χ3n) is 13.5. The van der Waals surface area contributed by atoms with E-state index in [2.05, 4.69) is 157 Å². The van der Waals surface area contributed by atoms with Crippen molar-refractivity contribution < 1.29 is 34.7 Å². The number of pyridine rings is 1. The Labute approximate surface area is 340 Å². The molecular formula is C49H64IrNO3-. The second-order valence-electron chi connectivity index (χ2n) is 18.9. The third-order valence-corrected chi connectivity index (χ3v) is 13.5. The molecule has 2 unspecified atom stereocenters. The Morgan fingerprint density at radius 1 is 0.815 bits per heavy atom. The molecule has 293 valence electrons. The first kappa shape index (κ1) is 43.5. The number of benzene rings is 3. The van der Waals surface area contributed by atoms with Crippen LogP contribution in [-0.2, 0) is 35.7 Å². The summed E-state index contributed by atoms with van der Waals surface area (Å²) in [4.78, 5) is 17.9. The number of hydrogen-bond acceptors (Lipinski definition) is 4. The number of aliphatic hydroxyl groups excluding tert-OH is 1. The zero-order valence-electron chi connectivity index (χ0n) is 35.4. The molecule has 0 spiro atoms. The molecule has 1 aromatic heterocycles. The molecule has 0 fully saturated rings. The molecule has 0 bridgehead atoms. The second-order valence-corrected chi connectivity index (χ2v) is 18.9. The summed E-state index contributed by atoms with van der Waals surface area (Å²) >= 11 is 0. The van der Waals surface area contributed by atoms with Crippen molar-refractivity contribution in [2.45, 2.75) is 127 Å². The molecule has 2 heterocycles. The van der Waals surface area contributed by atoms with Crippen LogP contribution in [0, 0.1) is 40.6 Å². The minimum atomic E-state index is -0.442. The van der Waals surface area contributed by atoms with E-state index >= 15 is 0 Å². The Kier molecular flexibility index (Phi) is 12.6. The second kappa shape index (κ2) is 15.7. The van der Waals surface area contributed by atoms with E-state index in [4.69, 9.17) is 9.72 Å². The van der Waals surface area contributed by atoms with Crippen molar-refractivity contribution in [3.05, 3.63) is 107 Å². The van der Waals surface area contributed by atoms with Crippen LogP contribution in [0.2, 0.25) is 0 Å². The Balaban J connectivity index is 0.000000261. The number of hydrogen-bond donors (Lipinski definition) is 1. The predicted molar refractivity (Wildman–Crippen MR) is 222 cm³/mol. The Morgan fingerprint density at radius 2 is 1.37 bits per heavy atom. The van der Waals surface area contributed by atoms with Crippen LogP contribution in [0.1, 0.15) is 138 Å². The third kappa shape index (κ3) is 7.37. The van der Waals surface area contributed by atoms with Crippen LogP contribution in [-0.4, -0.2) is 15.9 Å². The molecule has 4 nitrogen and oxygen atoms in total. The molecule has 3 aromatic carbocycles. The van der Waals surface area contributed by atoms with Crippen LogP contribution in [0.15, 0.2) is 78.6 Å². The minimum absolute atomic E-state index is 0. The van der Waals surface area contributed by atoms with E-state index in [1.807, 2.05) is 19.9 Å². The number of para-hydroxylation sites is 2. The molecule has 54 heavy (non-hydrogen) atoms. The van der Waals surface area contributed by atoms with Crippen LogP contribution in [0.5, 0.6) is 5.75 Å². The molecule has 0 saturated carbocycles. The van der Waals surface area contributed by atoms with Crippen LogP contribution in [0.25, 0.3) is 22.2 Å². The number of carbonyl (C=O) groups is 1. The van der Waals surface area contributed by atoms with Crippen molar-refractivity contribution in [3.63, 3.8) is 0 Å². The summed E-state index contributed by atoms with van der Waals surface area (Å²) in [5, 5.41) is 11.9. The standard InChI is InChI=1S/C30H28NO.C19H36O2.Ir/c1-29(2,3)22-17-24(31-23-15-8-6-11-18(22)23)19-13-10-14-21-26(19)30(4,5)27-20-12-7-9-16-25(20)32-28(21)27;1-12(2)18(9,13(3)4)16(20)11-17(21)19(10,14(5)6)15(7)8;/h6-12,14-17,27-28H,1-5H3;11-15,20H,1-10H3;/q-1;;/b;16-11-;. The number of ketones is 1. The van der Waals surface area contributed by atoms with Gasteiger partial charge >= 0.3 is 0 Å². The molecule has 6 rings (SSSR count). The summed E-state index contributed by atoms with van der Waals surface area (Å²) in [5.41, 5.74) is 7.51. The van der Waals surface area contributed by atoms with Gasteiger partial charge in [0.2, 0.25) is 0 Å². The average molecular weight is 907 g/mol. The van der Waals surface area contributed by atoms with E-state index in [0.717, 1.165) is 22.5 Å². The number of nitrogens with zero attached hydrogens (tertiary/aromatic N) is 1. The SMILES string of the molecule is CC(C)(C)c1cc(-c2[c-]ccc3c2C(C)(C)C2c4ccccc4OC32)nc2ccccc12.CC(C)C(C)(C(=O)/C=C(\O)C(C)(C(C)C)C(C)C)C(C)C.[Ir]. The van der Waals surface area contributed by atoms with E-state index in [-0.39, 0.29) is 77.7 Å². The van der Waals surface area contributed by atoms with Crippen molar-refractivity contribution in [3.8, 4) is 17.0 Å². The number of allylic oxidation sites excluding steroid dienone is 2. The minimum Gasteiger partial charge on any atom is -0.512 e. The fourth-order valence-electron chi connectivity index (χ4n) is 8.88. The van der Waals surface area contributed by atoms with Crippen molar-refractivity contribution in [1.29, 1.82) is 0 Å². The molecule has 1 radical (unpaired) electrons. The normalized spacial score (nSPS) is 17.9. The maximum atomic E-state index is 12.8. The first-order valence-electron chi connectivity index (χ1n) is 19.8. The number of ether oxygens (including phenoxy) is 1. The van der Waals surface area contributed by atoms with Crippen molar-refractivity contribution in [1.82, 2.24) is 4.98 Å². The molecule has 2 atom stereocenters. The van der Waals surface area contributed by atoms with Crippen LogP contribution in [0.4, 0.5) is 0 Å². The zero-order chi connectivity index (χ0) is 39.4. The molecular weight excluding hydrogens is 843 g/mol. The monoisotopic (exact) mass is 907 g/mol. The zero-order valence-corrected chi connectivity index (χ0v) is 37.8. The first-order valence-corrected chi connectivity index (χ1v) is 19.8. The van der Waals surface area contributed by atoms with Gasteiger partial charge in [0.1, 0.15) is 17.6 Å². The van der Waals surface area contributed by atoms with Crippen molar-refractivity contribution in [2.24, 2.45) is 34.5 Å². The predicted octanol–water partition coefficient (Wildman–Crippen LogP) is 13.1. The number of carbonyl (C=O) groups excluding carboxylic acids is 1. The molecule has 2 aliphatic rings. The quantitative estimate of drug-likeness (QED) is 0.109. The fraction of sp³-hybridized carbons (Fsp3) is 0.510. The van der Waals surface area contributed by atoms with Crippen molar-refractivity contribution in [2.75, 3.05) is 0 Å². The number of aromatic nitrogens is 1. The van der Waals surface area contributed by atoms with Gasteiger partial charge in [-0.15, -0.1) is 29.3 Å². The van der Waals surface area contributed by atoms with Gasteiger partial charge in [0.25, 0.3) is 0 Å². The van der Waals surface area contributed by atoms with E-state index in [0.29, 0.717) is 5.92 Å². The Hall–Kier alpha value is -3.27. The summed E-state index contributed by atoms with van der Waals surface area (Å²) in [6.07, 6.45) is 1.55. The van der Waals surface area contributed by atoms with Gasteiger partial charge in [-0.25, -0.2) is 0 Å². The van der Waals surface area contributed by atoms with Gasteiger partial charge in [0, 0.05) is 53.9 Å². The summed E-state index contributed by atoms with van der Waals surface area (Å²) < 4.78 is 6.50. The Bertz CT molecular complexity index is 2000. The largest absolute Gasteiger partial charge is 0.512 e. The molecule has 1 aliphatic heterocycles. The van der Waals surface area contributed by atoms with Gasteiger partial charge in [-0.3, -0.25) is 9.78 Å². The first-order chi connectivity index (χ1) is 24.6. The molecule has 0 saturated heterocycles. The summed E-state index contributed by atoms with van der Waals surface area (Å²) in [6.45, 7) is 32.3. The van der Waals surface area contributed by atoms with E-state index in [9.17, 15) is 9.90 Å². The topological polar surface area (TPSA) is 59.4 Å². The van der Waals surface area contributed by atoms with E-state index < -0.39 is 5.41 Å². The summed E-state index contributed by atoms with van der Waals surface area (Å²) in [6, 6.07) is 27.1. The van der Waals surface area contributed by atoms with Gasteiger partial charge in [-0.2, -0.15) is 0 Å². The van der Waals surface area contributed by atoms with Crippen LogP contribution < -0.4 is 4.74 Å².